The molecule has 1 unspecified atom stereocenters. The predicted molar refractivity (Wildman–Crippen MR) is 56.5 cm³/mol. The normalized spacial score (nSPS) is 23.7. The number of halogens is 1. The highest BCUT2D eigenvalue weighted by atomic mass is 79.9. The van der Waals surface area contributed by atoms with Crippen molar-refractivity contribution >= 4 is 15.9 Å². The lowest BCUT2D eigenvalue weighted by Gasteiger charge is -2.18. The van der Waals surface area contributed by atoms with E-state index in [1.54, 1.807) is 0 Å². The summed E-state index contributed by atoms with van der Waals surface area (Å²) in [5, 5.41) is 0. The molecule has 2 rings (SSSR count). The molecule has 1 atom stereocenters. The van der Waals surface area contributed by atoms with Crippen molar-refractivity contribution < 1.29 is 0 Å². The maximum absolute atomic E-state index is 4.42. The lowest BCUT2D eigenvalue weighted by molar-refractivity contribution is 0.312. The van der Waals surface area contributed by atoms with Gasteiger partial charge in [-0.15, -0.1) is 0 Å². The van der Waals surface area contributed by atoms with Crippen LogP contribution in [0.3, 0.4) is 0 Å². The molecule has 1 aromatic heterocycles. The Morgan fingerprint density at radius 3 is 2.92 bits per heavy atom. The van der Waals surface area contributed by atoms with Crippen molar-refractivity contribution in [1.82, 2.24) is 9.88 Å². The number of aromatic nitrogens is 1. The third-order valence-corrected chi connectivity index (χ3v) is 3.08. The summed E-state index contributed by atoms with van der Waals surface area (Å²) in [5.41, 5.74) is 1.20. The molecule has 1 saturated heterocycles. The van der Waals surface area contributed by atoms with Gasteiger partial charge in [0.15, 0.2) is 0 Å². The van der Waals surface area contributed by atoms with E-state index >= 15 is 0 Å². The molecule has 0 aromatic carbocycles. The van der Waals surface area contributed by atoms with Gasteiger partial charge >= 0.3 is 0 Å². The molecule has 1 aliphatic heterocycles. The molecule has 0 N–H and O–H groups in total. The first-order chi connectivity index (χ1) is 6.27. The molecule has 0 bridgehead atoms. The highest BCUT2D eigenvalue weighted by molar-refractivity contribution is 9.10. The van der Waals surface area contributed by atoms with Gasteiger partial charge in [0, 0.05) is 10.7 Å². The maximum Gasteiger partial charge on any atom is 0.0576 e. The molecule has 70 valence electrons. The molecule has 3 heteroatoms. The molecule has 0 radical (unpaired) electrons. The van der Waals surface area contributed by atoms with Gasteiger partial charge in [0.2, 0.25) is 0 Å². The van der Waals surface area contributed by atoms with E-state index in [2.05, 4.69) is 45.0 Å². The Bertz CT molecular complexity index is 283. The minimum absolute atomic E-state index is 0.535. The number of pyridine rings is 1. The van der Waals surface area contributed by atoms with Gasteiger partial charge in [0.1, 0.15) is 0 Å². The first-order valence-corrected chi connectivity index (χ1v) is 5.38. The number of rotatable bonds is 1. The van der Waals surface area contributed by atoms with Crippen LogP contribution in [0.2, 0.25) is 0 Å². The second kappa shape index (κ2) is 3.76. The molecule has 0 aliphatic carbocycles. The van der Waals surface area contributed by atoms with Crippen LogP contribution >= 0.6 is 15.9 Å². The highest BCUT2D eigenvalue weighted by Gasteiger charge is 2.23. The standard InChI is InChI=1S/C10H13BrN2/c1-13-6-2-3-10(13)9-5-4-8(11)7-12-9/h4-5,7,10H,2-3,6H2,1H3. The first kappa shape index (κ1) is 9.16. The molecule has 0 saturated carbocycles. The van der Waals surface area contributed by atoms with Crippen LogP contribution in [0.25, 0.3) is 0 Å². The zero-order chi connectivity index (χ0) is 9.26. The molecule has 0 spiro atoms. The van der Waals surface area contributed by atoms with Gasteiger partial charge in [-0.25, -0.2) is 0 Å². The second-order valence-corrected chi connectivity index (χ2v) is 4.46. The van der Waals surface area contributed by atoms with E-state index in [0.29, 0.717) is 6.04 Å². The van der Waals surface area contributed by atoms with Gasteiger partial charge in [0.05, 0.1) is 11.7 Å². The van der Waals surface area contributed by atoms with E-state index < -0.39 is 0 Å². The van der Waals surface area contributed by atoms with Gasteiger partial charge in [-0.3, -0.25) is 9.88 Å². The maximum atomic E-state index is 4.42. The average molecular weight is 241 g/mol. The van der Waals surface area contributed by atoms with Crippen LogP contribution in [0.1, 0.15) is 24.6 Å². The Balaban J connectivity index is 2.20. The molecule has 2 nitrogen and oxygen atoms in total. The van der Waals surface area contributed by atoms with Crippen LogP contribution in [-0.2, 0) is 0 Å². The minimum Gasteiger partial charge on any atom is -0.298 e. The fourth-order valence-electron chi connectivity index (χ4n) is 1.87. The Labute approximate surface area is 87.1 Å². The van der Waals surface area contributed by atoms with Gasteiger partial charge in [0.25, 0.3) is 0 Å². The highest BCUT2D eigenvalue weighted by Crippen LogP contribution is 2.29. The largest absolute Gasteiger partial charge is 0.298 e. The van der Waals surface area contributed by atoms with E-state index in [1.807, 2.05) is 6.20 Å². The van der Waals surface area contributed by atoms with Crippen LogP contribution in [0.15, 0.2) is 22.8 Å². The predicted octanol–water partition coefficient (Wildman–Crippen LogP) is 2.61. The van der Waals surface area contributed by atoms with Gasteiger partial charge in [-0.2, -0.15) is 0 Å². The number of likely N-dealkylation sites (tertiary alicyclic amines) is 1. The van der Waals surface area contributed by atoms with E-state index in [4.69, 9.17) is 0 Å². The number of hydrogen-bond acceptors (Lipinski definition) is 2. The molecular weight excluding hydrogens is 228 g/mol. The molecule has 13 heavy (non-hydrogen) atoms. The summed E-state index contributed by atoms with van der Waals surface area (Å²) in [6.45, 7) is 1.20. The average Bonchev–Trinajstić information content (AvgIpc) is 2.53. The van der Waals surface area contributed by atoms with Crippen molar-refractivity contribution in [3.05, 3.63) is 28.5 Å². The van der Waals surface area contributed by atoms with E-state index in [-0.39, 0.29) is 0 Å². The first-order valence-electron chi connectivity index (χ1n) is 4.59. The summed E-state index contributed by atoms with van der Waals surface area (Å²) in [6.07, 6.45) is 4.41. The monoisotopic (exact) mass is 240 g/mol. The quantitative estimate of drug-likeness (QED) is 0.751. The van der Waals surface area contributed by atoms with Gasteiger partial charge in [-0.05, 0) is 54.5 Å². The Morgan fingerprint density at radius 1 is 1.54 bits per heavy atom. The fourth-order valence-corrected chi connectivity index (χ4v) is 2.10. The molecule has 1 fully saturated rings. The topological polar surface area (TPSA) is 16.1 Å². The van der Waals surface area contributed by atoms with Crippen LogP contribution < -0.4 is 0 Å². The zero-order valence-corrected chi connectivity index (χ0v) is 9.29. The van der Waals surface area contributed by atoms with Crippen molar-refractivity contribution in [2.24, 2.45) is 0 Å². The fraction of sp³-hybridized carbons (Fsp3) is 0.500. The Kier molecular flexibility index (Phi) is 2.65. The minimum atomic E-state index is 0.535. The second-order valence-electron chi connectivity index (χ2n) is 3.54. The molecule has 0 amide bonds. The van der Waals surface area contributed by atoms with E-state index in [0.717, 1.165) is 4.47 Å². The van der Waals surface area contributed by atoms with Crippen LogP contribution in [-0.4, -0.2) is 23.5 Å². The number of nitrogens with zero attached hydrogens (tertiary/aromatic N) is 2. The van der Waals surface area contributed by atoms with E-state index in [9.17, 15) is 0 Å². The van der Waals surface area contributed by atoms with Crippen LogP contribution in [0, 0.1) is 0 Å². The van der Waals surface area contributed by atoms with Crippen molar-refractivity contribution in [2.45, 2.75) is 18.9 Å². The lowest BCUT2D eigenvalue weighted by atomic mass is 10.1. The van der Waals surface area contributed by atoms with Crippen molar-refractivity contribution in [3.8, 4) is 0 Å². The summed E-state index contributed by atoms with van der Waals surface area (Å²) in [4.78, 5) is 6.79. The van der Waals surface area contributed by atoms with Crippen molar-refractivity contribution in [1.29, 1.82) is 0 Å². The van der Waals surface area contributed by atoms with Crippen LogP contribution in [0.5, 0.6) is 0 Å². The lowest BCUT2D eigenvalue weighted by Crippen LogP contribution is -2.18. The number of hydrogen-bond donors (Lipinski definition) is 0. The smallest absolute Gasteiger partial charge is 0.0576 e. The summed E-state index contributed by atoms with van der Waals surface area (Å²) in [5.74, 6) is 0. The Hall–Kier alpha value is -0.410. The molecule has 2 heterocycles. The molecular formula is C10H13BrN2. The third-order valence-electron chi connectivity index (χ3n) is 2.61. The van der Waals surface area contributed by atoms with Crippen molar-refractivity contribution in [2.75, 3.05) is 13.6 Å². The summed E-state index contributed by atoms with van der Waals surface area (Å²) in [6, 6.07) is 4.71. The Morgan fingerprint density at radius 2 is 2.38 bits per heavy atom. The van der Waals surface area contributed by atoms with E-state index in [1.165, 1.54) is 25.1 Å². The molecule has 1 aliphatic rings. The SMILES string of the molecule is CN1CCCC1c1ccc(Br)cn1. The molecule has 1 aromatic rings. The van der Waals surface area contributed by atoms with Gasteiger partial charge in [-0.1, -0.05) is 0 Å². The van der Waals surface area contributed by atoms with Crippen LogP contribution in [0.4, 0.5) is 0 Å². The summed E-state index contributed by atoms with van der Waals surface area (Å²) >= 11 is 3.39. The van der Waals surface area contributed by atoms with Gasteiger partial charge < -0.3 is 0 Å². The van der Waals surface area contributed by atoms with Crippen molar-refractivity contribution in [3.63, 3.8) is 0 Å². The summed E-state index contributed by atoms with van der Waals surface area (Å²) < 4.78 is 1.05. The third kappa shape index (κ3) is 1.92. The summed E-state index contributed by atoms with van der Waals surface area (Å²) in [7, 11) is 2.17. The zero-order valence-electron chi connectivity index (χ0n) is 7.70.